The van der Waals surface area contributed by atoms with Gasteiger partial charge in [0.2, 0.25) is 0 Å². The van der Waals surface area contributed by atoms with E-state index >= 15 is 0 Å². The van der Waals surface area contributed by atoms with Crippen LogP contribution in [0.4, 0.5) is 6.01 Å². The van der Waals surface area contributed by atoms with Gasteiger partial charge < -0.3 is 14.6 Å². The first kappa shape index (κ1) is 20.1. The van der Waals surface area contributed by atoms with Gasteiger partial charge in [-0.05, 0) is 57.0 Å². The number of likely N-dealkylation sites (tertiary alicyclic amines) is 1. The zero-order valence-corrected chi connectivity index (χ0v) is 18.0. The number of hydrogen-bond donors (Lipinski definition) is 1. The first-order valence-corrected chi connectivity index (χ1v) is 10.8. The third-order valence-corrected chi connectivity index (χ3v) is 5.90. The number of fused-ring (bicyclic) bond motifs is 1. The number of rotatable bonds is 4. The van der Waals surface area contributed by atoms with E-state index in [9.17, 15) is 4.79 Å². The Morgan fingerprint density at radius 2 is 1.91 bits per heavy atom. The number of benzene rings is 1. The third-order valence-electron chi connectivity index (χ3n) is 5.90. The van der Waals surface area contributed by atoms with Gasteiger partial charge in [0.05, 0.1) is 11.6 Å². The molecule has 1 aliphatic heterocycles. The van der Waals surface area contributed by atoms with Gasteiger partial charge in [0.25, 0.3) is 11.9 Å². The summed E-state index contributed by atoms with van der Waals surface area (Å²) in [6.07, 6.45) is 5.12. The Morgan fingerprint density at radius 3 is 2.72 bits per heavy atom. The number of carbonyl (C=O) groups excluding carboxylic acids is 1. The van der Waals surface area contributed by atoms with Crippen molar-refractivity contribution >= 4 is 23.0 Å². The molecule has 1 aromatic carbocycles. The highest BCUT2D eigenvalue weighted by atomic mass is 16.4. The van der Waals surface area contributed by atoms with Crippen molar-refractivity contribution in [3.8, 4) is 11.4 Å². The molecule has 0 saturated carbocycles. The van der Waals surface area contributed by atoms with Crippen molar-refractivity contribution in [2.45, 2.75) is 38.8 Å². The highest BCUT2D eigenvalue weighted by molar-refractivity contribution is 5.98. The number of anilines is 1. The van der Waals surface area contributed by atoms with Crippen LogP contribution in [0.25, 0.3) is 22.5 Å². The van der Waals surface area contributed by atoms with Crippen molar-refractivity contribution in [1.29, 1.82) is 0 Å². The van der Waals surface area contributed by atoms with Gasteiger partial charge in [-0.25, -0.2) is 15.0 Å². The second-order valence-electron chi connectivity index (χ2n) is 8.04. The highest BCUT2D eigenvalue weighted by Gasteiger charge is 2.34. The zero-order valence-electron chi connectivity index (χ0n) is 18.0. The summed E-state index contributed by atoms with van der Waals surface area (Å²) in [5, 5.41) is 3.40. The molecule has 4 aromatic rings. The van der Waals surface area contributed by atoms with Gasteiger partial charge in [-0.3, -0.25) is 4.79 Å². The summed E-state index contributed by atoms with van der Waals surface area (Å²) in [4.78, 5) is 33.3. The summed E-state index contributed by atoms with van der Waals surface area (Å²) in [5.74, 6) is 0.377. The number of aromatic nitrogens is 4. The van der Waals surface area contributed by atoms with Crippen LogP contribution in [0.5, 0.6) is 0 Å². The number of para-hydroxylation sites is 2. The van der Waals surface area contributed by atoms with Crippen LogP contribution in [0.1, 0.15) is 35.9 Å². The average Bonchev–Trinajstić information content (AvgIpc) is 3.23. The number of amides is 1. The fourth-order valence-electron chi connectivity index (χ4n) is 4.19. The standard InChI is InChI=1S/C24H24N6O2/c1-15-10-11-17(22-25-12-6-13-26-22)21(27-15)23(31)30-14-5-8-18(16(30)2)28-24-29-19-7-3-4-9-20(19)32-24/h3-4,6-7,9-13,16,18H,5,8,14H2,1-2H3,(H,28,29). The summed E-state index contributed by atoms with van der Waals surface area (Å²) < 4.78 is 5.84. The van der Waals surface area contributed by atoms with E-state index in [-0.39, 0.29) is 18.0 Å². The Hall–Kier alpha value is -3.81. The lowest BCUT2D eigenvalue weighted by atomic mass is 9.96. The molecule has 32 heavy (non-hydrogen) atoms. The van der Waals surface area contributed by atoms with Crippen LogP contribution < -0.4 is 5.32 Å². The van der Waals surface area contributed by atoms with Crippen LogP contribution >= 0.6 is 0 Å². The van der Waals surface area contributed by atoms with Gasteiger partial charge in [0, 0.05) is 30.7 Å². The van der Waals surface area contributed by atoms with Gasteiger partial charge in [-0.15, -0.1) is 0 Å². The second-order valence-corrected chi connectivity index (χ2v) is 8.04. The van der Waals surface area contributed by atoms with Crippen molar-refractivity contribution in [2.24, 2.45) is 0 Å². The molecule has 1 aliphatic rings. The number of piperidine rings is 1. The van der Waals surface area contributed by atoms with Crippen LogP contribution in [0, 0.1) is 6.92 Å². The summed E-state index contributed by atoms with van der Waals surface area (Å²) in [5.41, 5.74) is 3.34. The third kappa shape index (κ3) is 3.79. The topological polar surface area (TPSA) is 97.0 Å². The Balaban J connectivity index is 1.41. The predicted molar refractivity (Wildman–Crippen MR) is 121 cm³/mol. The molecule has 5 rings (SSSR count). The molecular weight excluding hydrogens is 404 g/mol. The normalized spacial score (nSPS) is 18.6. The molecule has 1 N–H and O–H groups in total. The minimum absolute atomic E-state index is 0.0157. The summed E-state index contributed by atoms with van der Waals surface area (Å²) in [7, 11) is 0. The van der Waals surface area contributed by atoms with Gasteiger partial charge in [0.15, 0.2) is 11.4 Å². The largest absolute Gasteiger partial charge is 0.424 e. The summed E-state index contributed by atoms with van der Waals surface area (Å²) in [6, 6.07) is 13.6. The van der Waals surface area contributed by atoms with Crippen molar-refractivity contribution in [3.63, 3.8) is 0 Å². The van der Waals surface area contributed by atoms with Crippen LogP contribution in [0.3, 0.4) is 0 Å². The number of hydrogen-bond acceptors (Lipinski definition) is 7. The van der Waals surface area contributed by atoms with Crippen molar-refractivity contribution in [1.82, 2.24) is 24.8 Å². The SMILES string of the molecule is Cc1ccc(-c2ncccn2)c(C(=O)N2CCCC(Nc3nc4ccccc4o3)C2C)n1. The molecule has 8 heteroatoms. The molecule has 1 fully saturated rings. The van der Waals surface area contributed by atoms with E-state index in [0.29, 0.717) is 29.6 Å². The van der Waals surface area contributed by atoms with Gasteiger partial charge in [0.1, 0.15) is 11.2 Å². The average molecular weight is 428 g/mol. The quantitative estimate of drug-likeness (QED) is 0.523. The second kappa shape index (κ2) is 8.37. The molecular formula is C24H24N6O2. The molecule has 2 atom stereocenters. The Morgan fingerprint density at radius 1 is 1.09 bits per heavy atom. The maximum Gasteiger partial charge on any atom is 0.295 e. The van der Waals surface area contributed by atoms with Gasteiger partial charge in [-0.2, -0.15) is 4.98 Å². The van der Waals surface area contributed by atoms with E-state index in [2.05, 4.69) is 25.3 Å². The monoisotopic (exact) mass is 428 g/mol. The predicted octanol–water partition coefficient (Wildman–Crippen LogP) is 4.09. The van der Waals surface area contributed by atoms with E-state index in [1.807, 2.05) is 55.1 Å². The molecule has 2 unspecified atom stereocenters. The van der Waals surface area contributed by atoms with E-state index in [4.69, 9.17) is 4.42 Å². The molecule has 0 spiro atoms. The summed E-state index contributed by atoms with van der Waals surface area (Å²) >= 11 is 0. The lowest BCUT2D eigenvalue weighted by Gasteiger charge is -2.39. The van der Waals surface area contributed by atoms with Gasteiger partial charge >= 0.3 is 0 Å². The molecule has 0 aliphatic carbocycles. The molecule has 162 valence electrons. The van der Waals surface area contributed by atoms with E-state index in [0.717, 1.165) is 29.6 Å². The van der Waals surface area contributed by atoms with E-state index in [1.165, 1.54) is 0 Å². The fraction of sp³-hybridized carbons (Fsp3) is 0.292. The Bertz CT molecular complexity index is 1220. The first-order valence-electron chi connectivity index (χ1n) is 10.8. The fourth-order valence-corrected chi connectivity index (χ4v) is 4.19. The van der Waals surface area contributed by atoms with Gasteiger partial charge in [-0.1, -0.05) is 12.1 Å². The molecule has 1 amide bonds. The van der Waals surface area contributed by atoms with Crippen molar-refractivity contribution < 1.29 is 9.21 Å². The number of carbonyl (C=O) groups is 1. The molecule has 4 heterocycles. The first-order chi connectivity index (χ1) is 15.6. The van der Waals surface area contributed by atoms with E-state index < -0.39 is 0 Å². The number of aryl methyl sites for hydroxylation is 1. The van der Waals surface area contributed by atoms with Crippen molar-refractivity contribution in [2.75, 3.05) is 11.9 Å². The molecule has 0 radical (unpaired) electrons. The molecule has 1 saturated heterocycles. The minimum atomic E-state index is -0.118. The number of nitrogens with one attached hydrogen (secondary N) is 1. The summed E-state index contributed by atoms with van der Waals surface area (Å²) in [6.45, 7) is 4.59. The molecule has 0 bridgehead atoms. The smallest absolute Gasteiger partial charge is 0.295 e. The van der Waals surface area contributed by atoms with Crippen LogP contribution in [0.15, 0.2) is 59.3 Å². The number of nitrogens with zero attached hydrogens (tertiary/aromatic N) is 5. The maximum absolute atomic E-state index is 13.6. The zero-order chi connectivity index (χ0) is 22.1. The minimum Gasteiger partial charge on any atom is -0.424 e. The number of oxazole rings is 1. The number of pyridine rings is 1. The lowest BCUT2D eigenvalue weighted by molar-refractivity contribution is 0.0610. The maximum atomic E-state index is 13.6. The lowest BCUT2D eigenvalue weighted by Crippen LogP contribution is -2.52. The highest BCUT2D eigenvalue weighted by Crippen LogP contribution is 2.27. The van der Waals surface area contributed by atoms with E-state index in [1.54, 1.807) is 18.5 Å². The van der Waals surface area contributed by atoms with Crippen LogP contribution in [-0.2, 0) is 0 Å². The van der Waals surface area contributed by atoms with Crippen molar-refractivity contribution in [3.05, 3.63) is 66.2 Å². The van der Waals surface area contributed by atoms with Crippen LogP contribution in [0.2, 0.25) is 0 Å². The Kier molecular flexibility index (Phi) is 5.26. The Labute approximate surface area is 185 Å². The van der Waals surface area contributed by atoms with Crippen LogP contribution in [-0.4, -0.2) is 49.4 Å². The molecule has 8 nitrogen and oxygen atoms in total. The molecule has 3 aromatic heterocycles.